The molecule has 1 saturated carbocycles. The molecule has 1 aliphatic carbocycles. The minimum Gasteiger partial charge on any atom is -0.494 e. The van der Waals surface area contributed by atoms with Crippen LogP contribution in [0.4, 0.5) is 5.69 Å². The van der Waals surface area contributed by atoms with Crippen LogP contribution in [-0.4, -0.2) is 40.1 Å². The largest absolute Gasteiger partial charge is 0.494 e. The Balaban J connectivity index is 1.47. The Labute approximate surface area is 173 Å². The lowest BCUT2D eigenvalue weighted by molar-refractivity contribution is 0.417. The molecule has 0 amide bonds. The third-order valence-corrected chi connectivity index (χ3v) is 6.53. The Morgan fingerprint density at radius 1 is 1.13 bits per heavy atom. The second kappa shape index (κ2) is 6.84. The summed E-state index contributed by atoms with van der Waals surface area (Å²) in [7, 11) is -0.655. The molecule has 0 spiro atoms. The van der Waals surface area contributed by atoms with Crippen molar-refractivity contribution in [2.75, 3.05) is 11.8 Å². The van der Waals surface area contributed by atoms with Crippen LogP contribution in [0.2, 0.25) is 0 Å². The number of pyridine rings is 1. The molecule has 0 unspecified atom stereocenters. The first-order valence-corrected chi connectivity index (χ1v) is 11.0. The molecule has 0 aliphatic heterocycles. The zero-order chi connectivity index (χ0) is 20.9. The van der Waals surface area contributed by atoms with Gasteiger partial charge in [-0.25, -0.2) is 18.1 Å². The number of fused-ring (bicyclic) bond motifs is 1. The molecule has 0 saturated heterocycles. The number of hydrogen-bond acceptors (Lipinski definition) is 6. The van der Waals surface area contributed by atoms with Gasteiger partial charge in [0.25, 0.3) is 10.0 Å². The van der Waals surface area contributed by atoms with Crippen LogP contribution in [0, 0.1) is 0 Å². The lowest BCUT2D eigenvalue weighted by Crippen LogP contribution is -2.15. The molecule has 3 aromatic heterocycles. The van der Waals surface area contributed by atoms with Gasteiger partial charge in [0.1, 0.15) is 16.3 Å². The van der Waals surface area contributed by atoms with E-state index in [9.17, 15) is 8.42 Å². The molecule has 30 heavy (non-hydrogen) atoms. The van der Waals surface area contributed by atoms with Crippen molar-refractivity contribution in [3.05, 3.63) is 54.6 Å². The number of sulfonamides is 1. The van der Waals surface area contributed by atoms with Crippen molar-refractivity contribution in [3.63, 3.8) is 0 Å². The molecular formula is C20H20N6O3S. The van der Waals surface area contributed by atoms with Crippen molar-refractivity contribution >= 4 is 26.6 Å². The van der Waals surface area contributed by atoms with E-state index in [0.29, 0.717) is 28.7 Å². The summed E-state index contributed by atoms with van der Waals surface area (Å²) in [6.07, 6.45) is 7.17. The summed E-state index contributed by atoms with van der Waals surface area (Å²) in [5.74, 6) is 1.51. The number of aryl methyl sites for hydroxylation is 1. The Kier molecular flexibility index (Phi) is 4.24. The van der Waals surface area contributed by atoms with Gasteiger partial charge in [-0.15, -0.1) is 0 Å². The monoisotopic (exact) mass is 424 g/mol. The first-order chi connectivity index (χ1) is 14.5. The van der Waals surface area contributed by atoms with Gasteiger partial charge in [-0.2, -0.15) is 10.2 Å². The van der Waals surface area contributed by atoms with Gasteiger partial charge in [-0.05, 0) is 43.2 Å². The first kappa shape index (κ1) is 18.6. The SMILES string of the molecule is COc1ccc2cnn(C)c2c1NS(=O)(=O)c1ccc(-n2ccc(C3CC3)n2)nc1. The van der Waals surface area contributed by atoms with E-state index in [-0.39, 0.29) is 4.90 Å². The fraction of sp³-hybridized carbons (Fsp3) is 0.250. The second-order valence-corrected chi connectivity index (χ2v) is 8.95. The van der Waals surface area contributed by atoms with E-state index in [0.717, 1.165) is 11.1 Å². The standard InChI is InChI=1S/C20H20N6O3S/c1-25-20-14(11-22-25)5-7-17(29-2)19(20)24-30(27,28)15-6-8-18(21-12-15)26-10-9-16(23-26)13-3-4-13/h5-13,24H,3-4H2,1-2H3. The summed E-state index contributed by atoms with van der Waals surface area (Å²) in [6, 6.07) is 8.67. The highest BCUT2D eigenvalue weighted by molar-refractivity contribution is 7.92. The minimum atomic E-state index is -3.89. The smallest absolute Gasteiger partial charge is 0.263 e. The first-order valence-electron chi connectivity index (χ1n) is 9.50. The molecule has 1 N–H and O–H groups in total. The maximum absolute atomic E-state index is 13.0. The number of methoxy groups -OCH3 is 1. The molecule has 154 valence electrons. The molecule has 1 aliphatic rings. The summed E-state index contributed by atoms with van der Waals surface area (Å²) in [5, 5.41) is 9.53. The summed E-state index contributed by atoms with van der Waals surface area (Å²) >= 11 is 0. The van der Waals surface area contributed by atoms with Crippen molar-refractivity contribution in [3.8, 4) is 11.6 Å². The van der Waals surface area contributed by atoms with Crippen molar-refractivity contribution in [2.24, 2.45) is 7.05 Å². The fourth-order valence-corrected chi connectivity index (χ4v) is 4.46. The van der Waals surface area contributed by atoms with Crippen LogP contribution >= 0.6 is 0 Å². The third-order valence-electron chi connectivity index (χ3n) is 5.19. The minimum absolute atomic E-state index is 0.0436. The summed E-state index contributed by atoms with van der Waals surface area (Å²) in [6.45, 7) is 0. The van der Waals surface area contributed by atoms with Gasteiger partial charge >= 0.3 is 0 Å². The Hall–Kier alpha value is -3.40. The van der Waals surface area contributed by atoms with Gasteiger partial charge in [-0.1, -0.05) is 0 Å². The molecule has 0 atom stereocenters. The number of aromatic nitrogens is 5. The average molecular weight is 424 g/mol. The van der Waals surface area contributed by atoms with Crippen molar-refractivity contribution in [1.29, 1.82) is 0 Å². The van der Waals surface area contributed by atoms with Crippen LogP contribution in [0.25, 0.3) is 16.7 Å². The second-order valence-electron chi connectivity index (χ2n) is 7.27. The highest BCUT2D eigenvalue weighted by Crippen LogP contribution is 2.39. The molecule has 4 aromatic rings. The van der Waals surface area contributed by atoms with Gasteiger partial charge in [0.2, 0.25) is 0 Å². The van der Waals surface area contributed by atoms with E-state index in [4.69, 9.17) is 4.74 Å². The van der Waals surface area contributed by atoms with Crippen LogP contribution < -0.4 is 9.46 Å². The molecule has 10 heteroatoms. The van der Waals surface area contributed by atoms with E-state index in [1.165, 1.54) is 32.2 Å². The van der Waals surface area contributed by atoms with Crippen molar-refractivity contribution < 1.29 is 13.2 Å². The molecule has 3 heterocycles. The van der Waals surface area contributed by atoms with Gasteiger partial charge in [0.05, 0.1) is 24.5 Å². The zero-order valence-electron chi connectivity index (χ0n) is 16.5. The molecule has 0 radical (unpaired) electrons. The predicted molar refractivity (Wildman–Crippen MR) is 111 cm³/mol. The Bertz CT molecular complexity index is 1340. The van der Waals surface area contributed by atoms with Crippen molar-refractivity contribution in [1.82, 2.24) is 24.5 Å². The van der Waals surface area contributed by atoms with Crippen LogP contribution in [0.1, 0.15) is 24.5 Å². The number of ether oxygens (including phenoxy) is 1. The number of nitrogens with one attached hydrogen (secondary N) is 1. The number of rotatable bonds is 6. The van der Waals surface area contributed by atoms with E-state index >= 15 is 0 Å². The van der Waals surface area contributed by atoms with E-state index in [2.05, 4.69) is 19.9 Å². The third kappa shape index (κ3) is 3.18. The van der Waals surface area contributed by atoms with Crippen molar-refractivity contribution in [2.45, 2.75) is 23.7 Å². The number of hydrogen-bond donors (Lipinski definition) is 1. The lowest BCUT2D eigenvalue weighted by atomic mass is 10.2. The van der Waals surface area contributed by atoms with E-state index in [1.807, 2.05) is 18.3 Å². The molecule has 9 nitrogen and oxygen atoms in total. The van der Waals surface area contributed by atoms with E-state index < -0.39 is 10.0 Å². The molecule has 5 rings (SSSR count). The van der Waals surface area contributed by atoms with Crippen LogP contribution in [0.15, 0.2) is 53.8 Å². The summed E-state index contributed by atoms with van der Waals surface area (Å²) in [4.78, 5) is 4.34. The van der Waals surface area contributed by atoms with Gasteiger partial charge in [0.15, 0.2) is 5.82 Å². The number of anilines is 1. The fourth-order valence-electron chi connectivity index (χ4n) is 3.44. The quantitative estimate of drug-likeness (QED) is 0.510. The Morgan fingerprint density at radius 3 is 2.67 bits per heavy atom. The maximum Gasteiger partial charge on any atom is 0.263 e. The van der Waals surface area contributed by atoms with Gasteiger partial charge in [-0.3, -0.25) is 9.40 Å². The maximum atomic E-state index is 13.0. The predicted octanol–water partition coefficient (Wildman–Crippen LogP) is 2.84. The van der Waals surface area contributed by atoms with Gasteiger partial charge < -0.3 is 4.74 Å². The average Bonchev–Trinajstić information content (AvgIpc) is 3.35. The molecule has 1 fully saturated rings. The topological polar surface area (TPSA) is 104 Å². The number of nitrogens with zero attached hydrogens (tertiary/aromatic N) is 5. The molecule has 0 bridgehead atoms. The highest BCUT2D eigenvalue weighted by Gasteiger charge is 2.26. The van der Waals surface area contributed by atoms with Crippen LogP contribution in [0.5, 0.6) is 5.75 Å². The lowest BCUT2D eigenvalue weighted by Gasteiger charge is -2.14. The highest BCUT2D eigenvalue weighted by atomic mass is 32.2. The normalized spacial score (nSPS) is 14.2. The summed E-state index contributed by atoms with van der Waals surface area (Å²) in [5.41, 5.74) is 2.01. The van der Waals surface area contributed by atoms with Crippen LogP contribution in [-0.2, 0) is 17.1 Å². The van der Waals surface area contributed by atoms with E-state index in [1.54, 1.807) is 34.7 Å². The summed E-state index contributed by atoms with van der Waals surface area (Å²) < 4.78 is 37.3. The zero-order valence-corrected chi connectivity index (χ0v) is 17.3. The molecule has 1 aromatic carbocycles. The number of benzene rings is 1. The Morgan fingerprint density at radius 2 is 1.97 bits per heavy atom. The van der Waals surface area contributed by atoms with Crippen LogP contribution in [0.3, 0.4) is 0 Å². The molecular weight excluding hydrogens is 404 g/mol. The van der Waals surface area contributed by atoms with Gasteiger partial charge in [0, 0.05) is 30.7 Å².